The summed E-state index contributed by atoms with van der Waals surface area (Å²) in [5.74, 6) is 0.960. The number of carbonyl (C=O) groups is 1. The van der Waals surface area contributed by atoms with E-state index in [0.29, 0.717) is 17.1 Å². The van der Waals surface area contributed by atoms with Gasteiger partial charge >= 0.3 is 0 Å². The highest BCUT2D eigenvalue weighted by Gasteiger charge is 2.10. The molecule has 0 spiro atoms. The molecule has 0 atom stereocenters. The summed E-state index contributed by atoms with van der Waals surface area (Å²) in [4.78, 5) is 15.5. The highest BCUT2D eigenvalue weighted by molar-refractivity contribution is 6.31. The quantitative estimate of drug-likeness (QED) is 0.690. The van der Waals surface area contributed by atoms with Gasteiger partial charge in [0.1, 0.15) is 5.82 Å². The minimum absolute atomic E-state index is 0.617. The number of halogens is 1. The van der Waals surface area contributed by atoms with Crippen LogP contribution in [0.3, 0.4) is 0 Å². The molecule has 2 heterocycles. The van der Waals surface area contributed by atoms with E-state index in [-0.39, 0.29) is 0 Å². The van der Waals surface area contributed by atoms with Crippen LogP contribution in [-0.2, 0) is 13.1 Å². The van der Waals surface area contributed by atoms with Gasteiger partial charge < -0.3 is 9.13 Å². The molecular weight excluding hydrogens is 274 g/mol. The molecule has 0 amide bonds. The Balaban J connectivity index is 2.11. The monoisotopic (exact) mass is 287 g/mol. The van der Waals surface area contributed by atoms with Gasteiger partial charge in [-0.05, 0) is 19.1 Å². The van der Waals surface area contributed by atoms with Crippen LogP contribution in [0.2, 0.25) is 5.02 Å². The zero-order chi connectivity index (χ0) is 14.1. The largest absolute Gasteiger partial charge is 0.339 e. The van der Waals surface area contributed by atoms with E-state index < -0.39 is 0 Å². The first kappa shape index (κ1) is 12.9. The molecule has 0 bridgehead atoms. The fourth-order valence-electron chi connectivity index (χ4n) is 2.45. The van der Waals surface area contributed by atoms with Crippen molar-refractivity contribution in [1.29, 1.82) is 0 Å². The van der Waals surface area contributed by atoms with Gasteiger partial charge in [-0.1, -0.05) is 17.7 Å². The normalized spacial score (nSPS) is 11.1. The molecule has 0 radical (unpaired) electrons. The Morgan fingerprint density at radius 2 is 2.20 bits per heavy atom. The summed E-state index contributed by atoms with van der Waals surface area (Å²) in [5.41, 5.74) is 1.62. The molecule has 4 nitrogen and oxygen atoms in total. The molecule has 3 rings (SSSR count). The molecule has 0 aliphatic heterocycles. The van der Waals surface area contributed by atoms with Crippen LogP contribution < -0.4 is 0 Å². The number of hydrogen-bond donors (Lipinski definition) is 0. The number of hydrogen-bond acceptors (Lipinski definition) is 2. The zero-order valence-electron chi connectivity index (χ0n) is 11.1. The van der Waals surface area contributed by atoms with Gasteiger partial charge in [-0.15, -0.1) is 0 Å². The maximum absolute atomic E-state index is 11.2. The highest BCUT2D eigenvalue weighted by Crippen LogP contribution is 2.24. The first-order valence-electron chi connectivity index (χ1n) is 6.46. The van der Waals surface area contributed by atoms with Crippen molar-refractivity contribution in [3.8, 4) is 0 Å². The van der Waals surface area contributed by atoms with E-state index in [0.717, 1.165) is 29.6 Å². The van der Waals surface area contributed by atoms with Crippen molar-refractivity contribution in [2.75, 3.05) is 0 Å². The molecular formula is C15H14ClN3O. The van der Waals surface area contributed by atoms with Crippen LogP contribution in [0.1, 0.15) is 23.1 Å². The molecule has 0 aliphatic rings. The van der Waals surface area contributed by atoms with Crippen molar-refractivity contribution in [2.45, 2.75) is 20.0 Å². The lowest BCUT2D eigenvalue weighted by atomic mass is 10.2. The number of nitrogens with zero attached hydrogens (tertiary/aromatic N) is 3. The standard InChI is InChI=1S/C15H14ClN3O/c1-2-18-6-5-17-15(18)9-19-8-11(10-20)13-4-3-12(16)7-14(13)19/h3-8,10H,2,9H2,1H3. The van der Waals surface area contributed by atoms with Gasteiger partial charge in [0.15, 0.2) is 6.29 Å². The summed E-state index contributed by atoms with van der Waals surface area (Å²) in [6, 6.07) is 5.56. The molecule has 0 saturated heterocycles. The summed E-state index contributed by atoms with van der Waals surface area (Å²) in [6.45, 7) is 3.56. The lowest BCUT2D eigenvalue weighted by molar-refractivity contribution is 0.112. The molecule has 0 N–H and O–H groups in total. The smallest absolute Gasteiger partial charge is 0.152 e. The van der Waals surface area contributed by atoms with Crippen molar-refractivity contribution in [3.05, 3.63) is 53.2 Å². The molecule has 0 aliphatic carbocycles. The fraction of sp³-hybridized carbons (Fsp3) is 0.200. The average molecular weight is 288 g/mol. The number of aromatic nitrogens is 3. The summed E-state index contributed by atoms with van der Waals surface area (Å²) in [6.07, 6.45) is 6.47. The number of aldehydes is 1. The second kappa shape index (κ2) is 5.13. The number of carbonyl (C=O) groups excluding carboxylic acids is 1. The van der Waals surface area contributed by atoms with Gasteiger partial charge in [-0.3, -0.25) is 4.79 Å². The van der Waals surface area contributed by atoms with Crippen molar-refractivity contribution in [1.82, 2.24) is 14.1 Å². The van der Waals surface area contributed by atoms with Crippen molar-refractivity contribution < 1.29 is 4.79 Å². The van der Waals surface area contributed by atoms with Crippen LogP contribution >= 0.6 is 11.6 Å². The number of aryl methyl sites for hydroxylation is 1. The third-order valence-electron chi connectivity index (χ3n) is 3.46. The van der Waals surface area contributed by atoms with E-state index in [9.17, 15) is 4.79 Å². The SMILES string of the molecule is CCn1ccnc1Cn1cc(C=O)c2ccc(Cl)cc21. The predicted octanol–water partition coefficient (Wildman–Crippen LogP) is 3.37. The molecule has 20 heavy (non-hydrogen) atoms. The molecule has 2 aromatic heterocycles. The van der Waals surface area contributed by atoms with Crippen LogP contribution in [0, 0.1) is 0 Å². The average Bonchev–Trinajstić information content (AvgIpc) is 3.03. The van der Waals surface area contributed by atoms with Crippen LogP contribution in [0.25, 0.3) is 10.9 Å². The van der Waals surface area contributed by atoms with Gasteiger partial charge in [-0.2, -0.15) is 0 Å². The van der Waals surface area contributed by atoms with E-state index in [2.05, 4.69) is 16.5 Å². The zero-order valence-corrected chi connectivity index (χ0v) is 11.8. The van der Waals surface area contributed by atoms with E-state index >= 15 is 0 Å². The summed E-state index contributed by atoms with van der Waals surface area (Å²) in [5, 5.41) is 1.58. The minimum Gasteiger partial charge on any atom is -0.339 e. The topological polar surface area (TPSA) is 39.8 Å². The number of benzene rings is 1. The van der Waals surface area contributed by atoms with E-state index in [4.69, 9.17) is 11.6 Å². The Hall–Kier alpha value is -2.07. The van der Waals surface area contributed by atoms with E-state index in [1.807, 2.05) is 29.1 Å². The molecule has 0 saturated carbocycles. The molecule has 1 aromatic carbocycles. The third-order valence-corrected chi connectivity index (χ3v) is 3.69. The highest BCUT2D eigenvalue weighted by atomic mass is 35.5. The Labute approximate surface area is 121 Å². The Morgan fingerprint density at radius 3 is 2.95 bits per heavy atom. The summed E-state index contributed by atoms with van der Waals surface area (Å²) in [7, 11) is 0. The van der Waals surface area contributed by atoms with Gasteiger partial charge in [0.05, 0.1) is 12.1 Å². The second-order valence-corrected chi connectivity index (χ2v) is 5.06. The minimum atomic E-state index is 0.617. The second-order valence-electron chi connectivity index (χ2n) is 4.62. The van der Waals surface area contributed by atoms with Crippen molar-refractivity contribution in [3.63, 3.8) is 0 Å². The molecule has 0 fully saturated rings. The Kier molecular flexibility index (Phi) is 3.32. The lowest BCUT2D eigenvalue weighted by Gasteiger charge is -2.07. The van der Waals surface area contributed by atoms with E-state index in [1.54, 1.807) is 12.3 Å². The number of rotatable bonds is 4. The summed E-state index contributed by atoms with van der Waals surface area (Å²) < 4.78 is 4.09. The van der Waals surface area contributed by atoms with E-state index in [1.165, 1.54) is 0 Å². The Morgan fingerprint density at radius 1 is 1.35 bits per heavy atom. The first-order chi connectivity index (χ1) is 9.72. The van der Waals surface area contributed by atoms with Crippen LogP contribution in [0.5, 0.6) is 0 Å². The van der Waals surface area contributed by atoms with Crippen molar-refractivity contribution in [2.24, 2.45) is 0 Å². The van der Waals surface area contributed by atoms with Crippen LogP contribution in [0.4, 0.5) is 0 Å². The lowest BCUT2D eigenvalue weighted by Crippen LogP contribution is -2.06. The molecule has 0 unspecified atom stereocenters. The van der Waals surface area contributed by atoms with Gasteiger partial charge in [0, 0.05) is 41.1 Å². The summed E-state index contributed by atoms with van der Waals surface area (Å²) >= 11 is 6.06. The van der Waals surface area contributed by atoms with Gasteiger partial charge in [0.25, 0.3) is 0 Å². The number of fused-ring (bicyclic) bond motifs is 1. The van der Waals surface area contributed by atoms with Crippen molar-refractivity contribution >= 4 is 28.8 Å². The number of imidazole rings is 1. The molecule has 102 valence electrons. The third kappa shape index (κ3) is 2.12. The molecule has 5 heteroatoms. The molecule has 3 aromatic rings. The maximum Gasteiger partial charge on any atom is 0.152 e. The fourth-order valence-corrected chi connectivity index (χ4v) is 2.62. The Bertz CT molecular complexity index is 773. The van der Waals surface area contributed by atoms with Gasteiger partial charge in [0.2, 0.25) is 0 Å². The van der Waals surface area contributed by atoms with Crippen LogP contribution in [0.15, 0.2) is 36.8 Å². The van der Waals surface area contributed by atoms with Gasteiger partial charge in [-0.25, -0.2) is 4.98 Å². The predicted molar refractivity (Wildman–Crippen MR) is 79.3 cm³/mol. The first-order valence-corrected chi connectivity index (χ1v) is 6.84. The maximum atomic E-state index is 11.2. The van der Waals surface area contributed by atoms with Crippen LogP contribution in [-0.4, -0.2) is 20.4 Å².